The number of anilines is 1. The van der Waals surface area contributed by atoms with Gasteiger partial charge in [-0.15, -0.1) is 0 Å². The smallest absolute Gasteiger partial charge is 0.310 e. The lowest BCUT2D eigenvalue weighted by Gasteiger charge is -2.31. The van der Waals surface area contributed by atoms with E-state index in [0.29, 0.717) is 12.1 Å². The molecule has 1 unspecified atom stereocenters. The van der Waals surface area contributed by atoms with Gasteiger partial charge in [0.15, 0.2) is 0 Å². The zero-order chi connectivity index (χ0) is 14.6. The minimum atomic E-state index is -0.497. The molecule has 0 aliphatic rings. The van der Waals surface area contributed by atoms with Gasteiger partial charge in [0.1, 0.15) is 10.7 Å². The first-order valence-electron chi connectivity index (χ1n) is 6.07. The van der Waals surface area contributed by atoms with Crippen LogP contribution in [0.4, 0.5) is 11.4 Å². The lowest BCUT2D eigenvalue weighted by molar-refractivity contribution is -0.383. The van der Waals surface area contributed by atoms with Crippen molar-refractivity contribution in [2.75, 3.05) is 11.9 Å². The van der Waals surface area contributed by atoms with Gasteiger partial charge in [0.2, 0.25) is 0 Å². The van der Waals surface area contributed by atoms with Crippen molar-refractivity contribution in [1.82, 2.24) is 0 Å². The maximum absolute atomic E-state index is 11.1. The highest BCUT2D eigenvalue weighted by atomic mass is 35.5. The summed E-state index contributed by atoms with van der Waals surface area (Å²) in [6, 6.07) is 4.69. The molecule has 0 heterocycles. The fourth-order valence-corrected chi connectivity index (χ4v) is 2.10. The van der Waals surface area contributed by atoms with Crippen LogP contribution in [0.25, 0.3) is 0 Å². The van der Waals surface area contributed by atoms with Gasteiger partial charge in [-0.05, 0) is 24.0 Å². The number of rotatable bonds is 5. The predicted molar refractivity (Wildman–Crippen MR) is 76.7 cm³/mol. The highest BCUT2D eigenvalue weighted by Gasteiger charge is 2.27. The molecule has 0 spiro atoms. The van der Waals surface area contributed by atoms with Crippen molar-refractivity contribution in [3.8, 4) is 0 Å². The summed E-state index contributed by atoms with van der Waals surface area (Å²) in [5, 5.41) is 23.4. The van der Waals surface area contributed by atoms with Crippen LogP contribution in [-0.2, 0) is 0 Å². The highest BCUT2D eigenvalue weighted by molar-refractivity contribution is 6.33. The van der Waals surface area contributed by atoms with Gasteiger partial charge < -0.3 is 10.4 Å². The Morgan fingerprint density at radius 3 is 2.58 bits per heavy atom. The van der Waals surface area contributed by atoms with E-state index >= 15 is 0 Å². The Balaban J connectivity index is 3.10. The molecule has 5 nitrogen and oxygen atoms in total. The second kappa shape index (κ2) is 6.21. The van der Waals surface area contributed by atoms with E-state index < -0.39 is 4.92 Å². The molecular formula is C13H19ClN2O3. The van der Waals surface area contributed by atoms with Crippen LogP contribution in [0.15, 0.2) is 18.2 Å². The minimum absolute atomic E-state index is 0.0172. The first kappa shape index (κ1) is 15.7. The van der Waals surface area contributed by atoms with E-state index in [2.05, 4.69) is 5.32 Å². The number of hydrogen-bond donors (Lipinski definition) is 2. The second-order valence-corrected chi connectivity index (χ2v) is 5.88. The number of nitro groups is 1. The highest BCUT2D eigenvalue weighted by Crippen LogP contribution is 2.35. The van der Waals surface area contributed by atoms with Gasteiger partial charge in [0, 0.05) is 12.6 Å². The molecule has 1 rings (SSSR count). The maximum Gasteiger partial charge on any atom is 0.310 e. The Kier molecular flexibility index (Phi) is 5.14. The monoisotopic (exact) mass is 286 g/mol. The van der Waals surface area contributed by atoms with Gasteiger partial charge in [-0.1, -0.05) is 38.4 Å². The predicted octanol–water partition coefficient (Wildman–Crippen LogP) is 3.46. The topological polar surface area (TPSA) is 75.4 Å². The van der Waals surface area contributed by atoms with Crippen LogP contribution in [0.2, 0.25) is 5.02 Å². The van der Waals surface area contributed by atoms with E-state index in [-0.39, 0.29) is 28.8 Å². The third-order valence-electron chi connectivity index (χ3n) is 2.96. The molecule has 19 heavy (non-hydrogen) atoms. The molecule has 0 radical (unpaired) electrons. The minimum Gasteiger partial charge on any atom is -0.396 e. The maximum atomic E-state index is 11.1. The average Bonchev–Trinajstić information content (AvgIpc) is 2.26. The standard InChI is InChI=1S/C13H19ClN2O3/c1-13(2,3)11(7-8-17)15-10-6-4-5-9(14)12(10)16(18)19/h4-6,11,15,17H,7-8H2,1-3H3. The average molecular weight is 287 g/mol. The van der Waals surface area contributed by atoms with Crippen molar-refractivity contribution in [1.29, 1.82) is 0 Å². The van der Waals surface area contributed by atoms with E-state index in [1.54, 1.807) is 12.1 Å². The van der Waals surface area contributed by atoms with Crippen LogP contribution >= 0.6 is 11.6 Å². The molecule has 0 bridgehead atoms. The first-order valence-corrected chi connectivity index (χ1v) is 6.45. The summed E-state index contributed by atoms with van der Waals surface area (Å²) in [4.78, 5) is 10.6. The number of nitrogens with one attached hydrogen (secondary N) is 1. The lowest BCUT2D eigenvalue weighted by Crippen LogP contribution is -2.35. The number of aliphatic hydroxyl groups excluding tert-OH is 1. The van der Waals surface area contributed by atoms with E-state index in [1.165, 1.54) is 6.07 Å². The van der Waals surface area contributed by atoms with Gasteiger partial charge >= 0.3 is 5.69 Å². The van der Waals surface area contributed by atoms with Crippen molar-refractivity contribution in [2.24, 2.45) is 5.41 Å². The molecule has 1 atom stereocenters. The summed E-state index contributed by atoms with van der Waals surface area (Å²) < 4.78 is 0. The number of hydrogen-bond acceptors (Lipinski definition) is 4. The van der Waals surface area contributed by atoms with Crippen LogP contribution in [0.3, 0.4) is 0 Å². The summed E-state index contributed by atoms with van der Waals surface area (Å²) in [6.45, 7) is 6.05. The summed E-state index contributed by atoms with van der Waals surface area (Å²) in [6.07, 6.45) is 0.507. The fraction of sp³-hybridized carbons (Fsp3) is 0.538. The lowest BCUT2D eigenvalue weighted by atomic mass is 9.84. The molecule has 0 saturated heterocycles. The molecule has 0 fully saturated rings. The number of nitrogens with zero attached hydrogens (tertiary/aromatic N) is 1. The van der Waals surface area contributed by atoms with Gasteiger partial charge in [0.05, 0.1) is 4.92 Å². The van der Waals surface area contributed by atoms with Gasteiger partial charge in [0.25, 0.3) is 0 Å². The normalized spacial score (nSPS) is 13.1. The number of halogens is 1. The number of para-hydroxylation sites is 1. The Labute approximate surface area is 117 Å². The van der Waals surface area contributed by atoms with Gasteiger partial charge in [-0.2, -0.15) is 0 Å². The molecule has 0 aromatic heterocycles. The second-order valence-electron chi connectivity index (χ2n) is 5.47. The van der Waals surface area contributed by atoms with Crippen LogP contribution in [0.5, 0.6) is 0 Å². The zero-order valence-electron chi connectivity index (χ0n) is 11.3. The van der Waals surface area contributed by atoms with Crippen LogP contribution in [0, 0.1) is 15.5 Å². The van der Waals surface area contributed by atoms with Gasteiger partial charge in [-0.3, -0.25) is 10.1 Å². The van der Waals surface area contributed by atoms with Gasteiger partial charge in [-0.25, -0.2) is 0 Å². The third kappa shape index (κ3) is 4.08. The molecule has 0 saturated carbocycles. The van der Waals surface area contributed by atoms with Crippen LogP contribution in [-0.4, -0.2) is 22.7 Å². The summed E-state index contributed by atoms with van der Waals surface area (Å²) in [7, 11) is 0. The molecule has 6 heteroatoms. The van der Waals surface area contributed by atoms with E-state index in [9.17, 15) is 10.1 Å². The van der Waals surface area contributed by atoms with Crippen molar-refractivity contribution in [3.05, 3.63) is 33.3 Å². The number of nitro benzene ring substituents is 1. The summed E-state index contributed by atoms with van der Waals surface area (Å²) in [5.74, 6) is 0. The van der Waals surface area contributed by atoms with Crippen molar-refractivity contribution >= 4 is 23.0 Å². The van der Waals surface area contributed by atoms with E-state index in [4.69, 9.17) is 16.7 Å². The fourth-order valence-electron chi connectivity index (χ4n) is 1.86. The Bertz CT molecular complexity index is 458. The molecular weight excluding hydrogens is 268 g/mol. The van der Waals surface area contributed by atoms with Crippen molar-refractivity contribution in [2.45, 2.75) is 33.2 Å². The molecule has 0 amide bonds. The third-order valence-corrected chi connectivity index (χ3v) is 3.27. The molecule has 0 aliphatic carbocycles. The Morgan fingerprint density at radius 2 is 2.11 bits per heavy atom. The quantitative estimate of drug-likeness (QED) is 0.642. The zero-order valence-corrected chi connectivity index (χ0v) is 12.1. The number of benzene rings is 1. The molecule has 2 N–H and O–H groups in total. The summed E-state index contributed by atoms with van der Waals surface area (Å²) in [5.41, 5.74) is 0.112. The largest absolute Gasteiger partial charge is 0.396 e. The van der Waals surface area contributed by atoms with Crippen LogP contribution in [0.1, 0.15) is 27.2 Å². The Hall–Kier alpha value is -1.33. The number of aliphatic hydroxyl groups is 1. The van der Waals surface area contributed by atoms with Crippen molar-refractivity contribution in [3.63, 3.8) is 0 Å². The van der Waals surface area contributed by atoms with Crippen molar-refractivity contribution < 1.29 is 10.0 Å². The molecule has 1 aromatic rings. The van der Waals surface area contributed by atoms with E-state index in [1.807, 2.05) is 20.8 Å². The Morgan fingerprint density at radius 1 is 1.47 bits per heavy atom. The summed E-state index contributed by atoms with van der Waals surface area (Å²) >= 11 is 5.87. The van der Waals surface area contributed by atoms with Crippen LogP contribution < -0.4 is 5.32 Å². The van der Waals surface area contributed by atoms with E-state index in [0.717, 1.165) is 0 Å². The molecule has 0 aliphatic heterocycles. The molecule has 1 aromatic carbocycles. The molecule has 106 valence electrons. The SMILES string of the molecule is CC(C)(C)C(CCO)Nc1cccc(Cl)c1[N+](=O)[O-]. The first-order chi connectivity index (χ1) is 8.77.